The van der Waals surface area contributed by atoms with Crippen LogP contribution in [0.2, 0.25) is 0 Å². The highest BCUT2D eigenvalue weighted by Crippen LogP contribution is 2.45. The first-order chi connectivity index (χ1) is 15.8. The molecule has 1 N–H and O–H groups in total. The predicted octanol–water partition coefficient (Wildman–Crippen LogP) is 4.25. The molecule has 1 aliphatic rings. The highest BCUT2D eigenvalue weighted by atomic mass is 16.5. The third-order valence-corrected chi connectivity index (χ3v) is 5.68. The number of nitrogens with one attached hydrogen (secondary N) is 1. The van der Waals surface area contributed by atoms with Gasteiger partial charge >= 0.3 is 0 Å². The van der Waals surface area contributed by atoms with Crippen molar-refractivity contribution < 1.29 is 14.3 Å². The number of aliphatic imine (C=N–C) groups is 1. The molecule has 0 saturated heterocycles. The summed E-state index contributed by atoms with van der Waals surface area (Å²) >= 11 is 0. The first kappa shape index (κ1) is 24.2. The van der Waals surface area contributed by atoms with E-state index in [4.69, 9.17) is 9.47 Å². The Balaban J connectivity index is 2.22. The number of methoxy groups -OCH3 is 1. The molecule has 0 fully saturated rings. The van der Waals surface area contributed by atoms with Gasteiger partial charge in [0.25, 0.3) is 5.56 Å². The minimum atomic E-state index is -0.654. The summed E-state index contributed by atoms with van der Waals surface area (Å²) in [4.78, 5) is 29.6. The number of hydrogen-bond donors (Lipinski definition) is 1. The molecule has 2 atom stereocenters. The van der Waals surface area contributed by atoms with Crippen LogP contribution in [0.3, 0.4) is 0 Å². The zero-order chi connectivity index (χ0) is 24.1. The topological polar surface area (TPSA) is 81.9 Å². The van der Waals surface area contributed by atoms with Crippen LogP contribution in [0.15, 0.2) is 64.2 Å². The van der Waals surface area contributed by atoms with Crippen LogP contribution in [-0.2, 0) is 16.6 Å². The number of hydrogen-bond acceptors (Lipinski definition) is 5. The fourth-order valence-electron chi connectivity index (χ4n) is 3.76. The van der Waals surface area contributed by atoms with E-state index in [2.05, 4.69) is 16.9 Å². The maximum atomic E-state index is 12.5. The molecule has 7 heteroatoms. The van der Waals surface area contributed by atoms with Gasteiger partial charge in [-0.2, -0.15) is 0 Å². The van der Waals surface area contributed by atoms with Gasteiger partial charge in [-0.1, -0.05) is 18.7 Å². The lowest BCUT2D eigenvalue weighted by Gasteiger charge is -2.23. The average molecular weight is 450 g/mol. The number of rotatable bonds is 7. The maximum Gasteiger partial charge on any atom is 0.250 e. The van der Waals surface area contributed by atoms with E-state index in [1.54, 1.807) is 32.6 Å². The number of ether oxygens (including phenoxy) is 2. The fraction of sp³-hybridized carbons (Fsp3) is 0.346. The SMILES string of the molecule is C=C(N=C/C(C)=C\C)[C@@H]1O[C@@H](CC(=O)NCC)c2cc(=O)n(C)cc2-c2ccc(OC)cc21. The fourth-order valence-corrected chi connectivity index (χ4v) is 3.76. The number of nitrogens with zero attached hydrogens (tertiary/aromatic N) is 2. The lowest BCUT2D eigenvalue weighted by Crippen LogP contribution is -2.26. The van der Waals surface area contributed by atoms with Gasteiger partial charge in [-0.3, -0.25) is 14.6 Å². The molecule has 1 amide bonds. The summed E-state index contributed by atoms with van der Waals surface area (Å²) in [7, 11) is 3.31. The molecule has 0 unspecified atom stereocenters. The minimum Gasteiger partial charge on any atom is -0.497 e. The first-order valence-corrected chi connectivity index (χ1v) is 11.0. The number of benzene rings is 1. The molecule has 1 aromatic heterocycles. The van der Waals surface area contributed by atoms with Crippen LogP contribution in [0.4, 0.5) is 0 Å². The molecule has 0 saturated carbocycles. The number of fused-ring (bicyclic) bond motifs is 3. The molecule has 0 bridgehead atoms. The molecule has 33 heavy (non-hydrogen) atoms. The smallest absolute Gasteiger partial charge is 0.250 e. The lowest BCUT2D eigenvalue weighted by molar-refractivity contribution is -0.125. The molecule has 2 heterocycles. The van der Waals surface area contributed by atoms with Crippen LogP contribution in [0, 0.1) is 0 Å². The summed E-state index contributed by atoms with van der Waals surface area (Å²) in [5, 5.41) is 2.82. The van der Waals surface area contributed by atoms with E-state index in [0.717, 1.165) is 22.3 Å². The maximum absolute atomic E-state index is 12.5. The molecule has 1 aromatic carbocycles. The summed E-state index contributed by atoms with van der Waals surface area (Å²) in [6, 6.07) is 7.25. The number of amides is 1. The molecule has 1 aliphatic heterocycles. The predicted molar refractivity (Wildman–Crippen MR) is 131 cm³/mol. The van der Waals surface area contributed by atoms with Crippen LogP contribution in [0.25, 0.3) is 11.1 Å². The third kappa shape index (κ3) is 5.31. The van der Waals surface area contributed by atoms with Crippen LogP contribution in [-0.4, -0.2) is 30.3 Å². The van der Waals surface area contributed by atoms with Crippen molar-refractivity contribution in [2.45, 2.75) is 39.4 Å². The second-order valence-electron chi connectivity index (χ2n) is 7.99. The number of aromatic nitrogens is 1. The van der Waals surface area contributed by atoms with E-state index in [1.807, 2.05) is 45.0 Å². The van der Waals surface area contributed by atoms with E-state index in [0.29, 0.717) is 23.6 Å². The van der Waals surface area contributed by atoms with Crippen molar-refractivity contribution in [2.75, 3.05) is 13.7 Å². The van der Waals surface area contributed by atoms with Crippen molar-refractivity contribution in [1.82, 2.24) is 9.88 Å². The highest BCUT2D eigenvalue weighted by molar-refractivity contribution is 5.80. The van der Waals surface area contributed by atoms with Gasteiger partial charge in [0.05, 0.1) is 25.3 Å². The van der Waals surface area contributed by atoms with Crippen molar-refractivity contribution >= 4 is 12.1 Å². The van der Waals surface area contributed by atoms with Gasteiger partial charge in [0.15, 0.2) is 0 Å². The van der Waals surface area contributed by atoms with Gasteiger partial charge in [0.2, 0.25) is 5.91 Å². The van der Waals surface area contributed by atoms with E-state index in [-0.39, 0.29) is 17.9 Å². The standard InChI is InChI=1S/C26H31N3O4/c1-7-16(3)14-28-17(4)26-21-11-18(32-6)9-10-19(21)22-15-29(5)25(31)12-20(22)23(33-26)13-24(30)27-8-2/h7,9-12,14-15,23,26H,4,8,13H2,1-3,5-6H3,(H,27,30)/b16-7-,28-14?/t23-,26-/m0/s1. The van der Waals surface area contributed by atoms with Crippen molar-refractivity contribution in [3.63, 3.8) is 0 Å². The monoisotopic (exact) mass is 449 g/mol. The van der Waals surface area contributed by atoms with Gasteiger partial charge < -0.3 is 19.4 Å². The Hall–Kier alpha value is -3.45. The van der Waals surface area contributed by atoms with Crippen molar-refractivity contribution in [1.29, 1.82) is 0 Å². The first-order valence-electron chi connectivity index (χ1n) is 11.0. The third-order valence-electron chi connectivity index (χ3n) is 5.68. The van der Waals surface area contributed by atoms with E-state index in [9.17, 15) is 9.59 Å². The van der Waals surface area contributed by atoms with Crippen molar-refractivity contribution in [2.24, 2.45) is 12.0 Å². The number of carbonyl (C=O) groups is 1. The van der Waals surface area contributed by atoms with Crippen molar-refractivity contribution in [3.8, 4) is 16.9 Å². The normalized spacial score (nSPS) is 17.8. The van der Waals surface area contributed by atoms with Gasteiger partial charge in [-0.05, 0) is 55.2 Å². The van der Waals surface area contributed by atoms with Gasteiger partial charge in [-0.25, -0.2) is 0 Å². The Morgan fingerprint density at radius 3 is 2.73 bits per heavy atom. The molecular weight excluding hydrogens is 418 g/mol. The lowest BCUT2D eigenvalue weighted by atomic mass is 9.92. The second kappa shape index (κ2) is 10.4. The van der Waals surface area contributed by atoms with Gasteiger partial charge in [-0.15, -0.1) is 0 Å². The summed E-state index contributed by atoms with van der Waals surface area (Å²) in [6.07, 6.45) is 4.25. The molecule has 7 nitrogen and oxygen atoms in total. The molecule has 0 radical (unpaired) electrons. The van der Waals surface area contributed by atoms with Crippen LogP contribution in [0.1, 0.15) is 50.5 Å². The van der Waals surface area contributed by atoms with Crippen LogP contribution in [0.5, 0.6) is 5.75 Å². The molecule has 3 rings (SSSR count). The highest BCUT2D eigenvalue weighted by Gasteiger charge is 2.33. The molecule has 174 valence electrons. The number of pyridine rings is 1. The number of allylic oxidation sites excluding steroid dienone is 2. The van der Waals surface area contributed by atoms with Gasteiger partial charge in [0.1, 0.15) is 11.9 Å². The summed E-state index contributed by atoms with van der Waals surface area (Å²) in [5.41, 5.74) is 4.49. The van der Waals surface area contributed by atoms with Crippen LogP contribution >= 0.6 is 0 Å². The van der Waals surface area contributed by atoms with E-state index < -0.39 is 12.2 Å². The summed E-state index contributed by atoms with van der Waals surface area (Å²) in [6.45, 7) is 10.4. The summed E-state index contributed by atoms with van der Waals surface area (Å²) < 4.78 is 13.5. The summed E-state index contributed by atoms with van der Waals surface area (Å²) in [5.74, 6) is 0.507. The quantitative estimate of drug-likeness (QED) is 0.641. The minimum absolute atomic E-state index is 0.0700. The van der Waals surface area contributed by atoms with E-state index in [1.165, 1.54) is 4.57 Å². The van der Waals surface area contributed by atoms with E-state index >= 15 is 0 Å². The largest absolute Gasteiger partial charge is 0.497 e. The Bertz CT molecular complexity index is 1180. The zero-order valence-corrected chi connectivity index (χ0v) is 19.8. The Morgan fingerprint density at radius 2 is 2.06 bits per heavy atom. The van der Waals surface area contributed by atoms with Crippen molar-refractivity contribution in [3.05, 3.63) is 75.9 Å². The average Bonchev–Trinajstić information content (AvgIpc) is 2.92. The number of carbonyl (C=O) groups excluding carboxylic acids is 1. The molecule has 2 aromatic rings. The second-order valence-corrected chi connectivity index (χ2v) is 7.99. The van der Waals surface area contributed by atoms with Crippen LogP contribution < -0.4 is 15.6 Å². The zero-order valence-electron chi connectivity index (χ0n) is 19.8. The van der Waals surface area contributed by atoms with Gasteiger partial charge in [0, 0.05) is 37.6 Å². The molecular formula is C26H31N3O4. The Morgan fingerprint density at radius 1 is 1.30 bits per heavy atom. The molecule has 0 aliphatic carbocycles. The number of aryl methyl sites for hydroxylation is 1. The molecule has 0 spiro atoms. The Labute approximate surface area is 194 Å². The Kier molecular flexibility index (Phi) is 7.66.